The van der Waals surface area contributed by atoms with Crippen molar-refractivity contribution in [1.29, 1.82) is 0 Å². The third-order valence-corrected chi connectivity index (χ3v) is 5.11. The Kier molecular flexibility index (Phi) is 3.28. The summed E-state index contributed by atoms with van der Waals surface area (Å²) >= 11 is 0. The SMILES string of the molecule is CC(C)C1=CC2Cc3ccc(C(C)C)cc3CC2C1. The fourth-order valence-corrected chi connectivity index (χ4v) is 3.74. The van der Waals surface area contributed by atoms with Gasteiger partial charge >= 0.3 is 0 Å². The maximum atomic E-state index is 2.59. The maximum absolute atomic E-state index is 2.59. The molecule has 0 radical (unpaired) electrons. The lowest BCUT2D eigenvalue weighted by molar-refractivity contribution is 0.389. The number of rotatable bonds is 2. The highest BCUT2D eigenvalue weighted by Crippen LogP contribution is 2.42. The standard InChI is InChI=1S/C19H26/c1-12(2)14-5-6-15-8-18-9-16(13(3)4)10-19(18)11-17(15)7-14/h5-7,9,12-13,18-19H,8,10-11H2,1-4H3. The topological polar surface area (TPSA) is 0 Å². The van der Waals surface area contributed by atoms with Crippen molar-refractivity contribution < 1.29 is 0 Å². The van der Waals surface area contributed by atoms with Crippen molar-refractivity contribution >= 4 is 0 Å². The van der Waals surface area contributed by atoms with E-state index in [1.165, 1.54) is 24.8 Å². The highest BCUT2D eigenvalue weighted by atomic mass is 14.4. The van der Waals surface area contributed by atoms with Crippen LogP contribution >= 0.6 is 0 Å². The van der Waals surface area contributed by atoms with Gasteiger partial charge in [0.15, 0.2) is 0 Å². The summed E-state index contributed by atoms with van der Waals surface area (Å²) < 4.78 is 0. The van der Waals surface area contributed by atoms with E-state index in [1.807, 2.05) is 0 Å². The van der Waals surface area contributed by atoms with Gasteiger partial charge in [-0.1, -0.05) is 57.5 Å². The third-order valence-electron chi connectivity index (χ3n) is 5.11. The van der Waals surface area contributed by atoms with Crippen molar-refractivity contribution in [2.45, 2.75) is 52.9 Å². The van der Waals surface area contributed by atoms with Gasteiger partial charge in [0.25, 0.3) is 0 Å². The van der Waals surface area contributed by atoms with E-state index >= 15 is 0 Å². The summed E-state index contributed by atoms with van der Waals surface area (Å²) in [5, 5.41) is 0. The zero-order valence-electron chi connectivity index (χ0n) is 12.7. The van der Waals surface area contributed by atoms with Crippen LogP contribution in [0.2, 0.25) is 0 Å². The van der Waals surface area contributed by atoms with E-state index < -0.39 is 0 Å². The van der Waals surface area contributed by atoms with Crippen molar-refractivity contribution in [2.75, 3.05) is 0 Å². The van der Waals surface area contributed by atoms with E-state index in [2.05, 4.69) is 52.0 Å². The number of hydrogen-bond acceptors (Lipinski definition) is 0. The van der Waals surface area contributed by atoms with Gasteiger partial charge in [-0.2, -0.15) is 0 Å². The number of benzene rings is 1. The highest BCUT2D eigenvalue weighted by molar-refractivity contribution is 5.38. The molecule has 0 saturated carbocycles. The first-order valence-electron chi connectivity index (χ1n) is 7.87. The molecule has 0 aromatic heterocycles. The Morgan fingerprint density at radius 3 is 2.37 bits per heavy atom. The Bertz CT molecular complexity index is 505. The van der Waals surface area contributed by atoms with Gasteiger partial charge in [0.05, 0.1) is 0 Å². The summed E-state index contributed by atoms with van der Waals surface area (Å²) in [6.45, 7) is 9.27. The fourth-order valence-electron chi connectivity index (χ4n) is 3.74. The van der Waals surface area contributed by atoms with E-state index in [0.717, 1.165) is 17.8 Å². The van der Waals surface area contributed by atoms with Crippen LogP contribution in [0.25, 0.3) is 0 Å². The van der Waals surface area contributed by atoms with Gasteiger partial charge in [0, 0.05) is 0 Å². The van der Waals surface area contributed by atoms with Crippen molar-refractivity contribution in [2.24, 2.45) is 17.8 Å². The van der Waals surface area contributed by atoms with Crippen LogP contribution in [0.3, 0.4) is 0 Å². The van der Waals surface area contributed by atoms with Gasteiger partial charge in [-0.05, 0) is 59.6 Å². The molecular formula is C19H26. The zero-order chi connectivity index (χ0) is 13.6. The average Bonchev–Trinajstić information content (AvgIpc) is 2.78. The second-order valence-corrected chi connectivity index (χ2v) is 7.12. The quantitative estimate of drug-likeness (QED) is 0.642. The molecule has 0 spiro atoms. The lowest BCUT2D eigenvalue weighted by Gasteiger charge is -2.28. The molecule has 19 heavy (non-hydrogen) atoms. The van der Waals surface area contributed by atoms with Gasteiger partial charge in [0.1, 0.15) is 0 Å². The van der Waals surface area contributed by atoms with Crippen molar-refractivity contribution in [3.63, 3.8) is 0 Å². The van der Waals surface area contributed by atoms with Crippen LogP contribution in [0.4, 0.5) is 0 Å². The second kappa shape index (κ2) is 4.81. The Morgan fingerprint density at radius 2 is 1.68 bits per heavy atom. The first-order valence-corrected chi connectivity index (χ1v) is 7.87. The molecule has 2 aliphatic carbocycles. The van der Waals surface area contributed by atoms with Gasteiger partial charge in [-0.25, -0.2) is 0 Å². The van der Waals surface area contributed by atoms with E-state index in [-0.39, 0.29) is 0 Å². The number of hydrogen-bond donors (Lipinski definition) is 0. The lowest BCUT2D eigenvalue weighted by atomic mass is 9.76. The minimum Gasteiger partial charge on any atom is -0.0813 e. The fraction of sp³-hybridized carbons (Fsp3) is 0.579. The minimum absolute atomic E-state index is 0.649. The van der Waals surface area contributed by atoms with Crippen molar-refractivity contribution in [1.82, 2.24) is 0 Å². The molecule has 0 heteroatoms. The molecule has 0 N–H and O–H groups in total. The summed E-state index contributed by atoms with van der Waals surface area (Å²) in [5.41, 5.74) is 6.44. The van der Waals surface area contributed by atoms with Crippen LogP contribution in [-0.4, -0.2) is 0 Å². The van der Waals surface area contributed by atoms with Crippen LogP contribution in [0, 0.1) is 17.8 Å². The normalized spacial score (nSPS) is 25.5. The van der Waals surface area contributed by atoms with E-state index in [0.29, 0.717) is 5.92 Å². The molecule has 0 saturated heterocycles. The van der Waals surface area contributed by atoms with Crippen molar-refractivity contribution in [3.05, 3.63) is 46.5 Å². The number of allylic oxidation sites excluding steroid dienone is 2. The summed E-state index contributed by atoms with van der Waals surface area (Å²) in [5.74, 6) is 3.08. The van der Waals surface area contributed by atoms with Crippen molar-refractivity contribution in [3.8, 4) is 0 Å². The molecule has 2 atom stereocenters. The molecule has 0 fully saturated rings. The first-order chi connectivity index (χ1) is 9.04. The molecule has 1 aromatic rings. The Morgan fingerprint density at radius 1 is 0.895 bits per heavy atom. The Labute approximate surface area is 117 Å². The smallest absolute Gasteiger partial charge is 0.0156 e. The van der Waals surface area contributed by atoms with Crippen LogP contribution in [-0.2, 0) is 12.8 Å². The van der Waals surface area contributed by atoms with Gasteiger partial charge in [-0.15, -0.1) is 0 Å². The van der Waals surface area contributed by atoms with E-state index in [4.69, 9.17) is 0 Å². The largest absolute Gasteiger partial charge is 0.0813 e. The molecule has 0 heterocycles. The van der Waals surface area contributed by atoms with Gasteiger partial charge < -0.3 is 0 Å². The predicted octanol–water partition coefficient (Wildman–Crippen LogP) is 5.13. The maximum Gasteiger partial charge on any atom is -0.0156 e. The Balaban J connectivity index is 1.85. The average molecular weight is 254 g/mol. The third kappa shape index (κ3) is 2.38. The Hall–Kier alpha value is -1.04. The van der Waals surface area contributed by atoms with Crippen LogP contribution in [0.1, 0.15) is 56.7 Å². The van der Waals surface area contributed by atoms with Crippen LogP contribution in [0.15, 0.2) is 29.8 Å². The highest BCUT2D eigenvalue weighted by Gasteiger charge is 2.33. The minimum atomic E-state index is 0.649. The number of fused-ring (bicyclic) bond motifs is 2. The first kappa shape index (κ1) is 13.0. The molecule has 1 aromatic carbocycles. The molecule has 0 bridgehead atoms. The molecule has 0 amide bonds. The predicted molar refractivity (Wildman–Crippen MR) is 82.5 cm³/mol. The van der Waals surface area contributed by atoms with Gasteiger partial charge in [0.2, 0.25) is 0 Å². The van der Waals surface area contributed by atoms with E-state index in [9.17, 15) is 0 Å². The van der Waals surface area contributed by atoms with Crippen LogP contribution in [0.5, 0.6) is 0 Å². The summed E-state index contributed by atoms with van der Waals surface area (Å²) in [4.78, 5) is 0. The summed E-state index contributed by atoms with van der Waals surface area (Å²) in [6.07, 6.45) is 6.50. The summed E-state index contributed by atoms with van der Waals surface area (Å²) in [7, 11) is 0. The zero-order valence-corrected chi connectivity index (χ0v) is 12.7. The van der Waals surface area contributed by atoms with Crippen LogP contribution < -0.4 is 0 Å². The lowest BCUT2D eigenvalue weighted by Crippen LogP contribution is -2.21. The molecule has 2 unspecified atom stereocenters. The molecule has 0 nitrogen and oxygen atoms in total. The summed E-state index contributed by atoms with van der Waals surface area (Å²) in [6, 6.07) is 7.21. The van der Waals surface area contributed by atoms with Gasteiger partial charge in [-0.3, -0.25) is 0 Å². The molecule has 2 aliphatic rings. The molecular weight excluding hydrogens is 228 g/mol. The molecule has 0 aliphatic heterocycles. The monoisotopic (exact) mass is 254 g/mol. The second-order valence-electron chi connectivity index (χ2n) is 7.12. The molecule has 3 rings (SSSR count). The molecule has 102 valence electrons. The van der Waals surface area contributed by atoms with E-state index in [1.54, 1.807) is 16.7 Å².